The number of hydrazone groups is 1. The van der Waals surface area contributed by atoms with E-state index in [4.69, 9.17) is 9.47 Å². The average Bonchev–Trinajstić information content (AvgIpc) is 2.67. The number of anilines is 1. The minimum absolute atomic E-state index is 0.710. The highest BCUT2D eigenvalue weighted by atomic mass is 16.5. The lowest BCUT2D eigenvalue weighted by molar-refractivity contribution is 0.271. The highest BCUT2D eigenvalue weighted by Crippen LogP contribution is 2.26. The number of methoxy groups -OCH3 is 2. The summed E-state index contributed by atoms with van der Waals surface area (Å²) in [6, 6.07) is 11.8. The lowest BCUT2D eigenvalue weighted by atomic mass is 10.2. The summed E-state index contributed by atoms with van der Waals surface area (Å²) < 4.78 is 10.6. The van der Waals surface area contributed by atoms with Crippen molar-refractivity contribution >= 4 is 12.0 Å². The van der Waals surface area contributed by atoms with Crippen molar-refractivity contribution in [2.24, 2.45) is 5.10 Å². The minimum atomic E-state index is 0.710. The molecule has 1 aliphatic rings. The Morgan fingerprint density at radius 3 is 2.46 bits per heavy atom. The Hall–Kier alpha value is -2.76. The van der Waals surface area contributed by atoms with Gasteiger partial charge in [0.1, 0.15) is 5.82 Å². The maximum atomic E-state index is 5.32. The third-order valence-electron chi connectivity index (χ3n) is 4.01. The number of piperazine rings is 1. The smallest absolute Gasteiger partial charge is 0.161 e. The van der Waals surface area contributed by atoms with Gasteiger partial charge >= 0.3 is 0 Å². The zero-order valence-electron chi connectivity index (χ0n) is 14.1. The molecule has 1 aromatic heterocycles. The van der Waals surface area contributed by atoms with E-state index in [9.17, 15) is 0 Å². The van der Waals surface area contributed by atoms with Gasteiger partial charge in [-0.25, -0.2) is 4.98 Å². The van der Waals surface area contributed by atoms with Gasteiger partial charge in [0, 0.05) is 19.3 Å². The zero-order chi connectivity index (χ0) is 16.8. The number of aromatic nitrogens is 1. The number of hydrogen-bond acceptors (Lipinski definition) is 6. The Morgan fingerprint density at radius 2 is 1.79 bits per heavy atom. The van der Waals surface area contributed by atoms with Crippen LogP contribution in [0.5, 0.6) is 11.5 Å². The molecular weight excluding hydrogens is 304 g/mol. The van der Waals surface area contributed by atoms with Crippen molar-refractivity contribution < 1.29 is 9.47 Å². The van der Waals surface area contributed by atoms with Crippen LogP contribution in [0.25, 0.3) is 0 Å². The molecule has 24 heavy (non-hydrogen) atoms. The minimum Gasteiger partial charge on any atom is -0.493 e. The van der Waals surface area contributed by atoms with Crippen LogP contribution >= 0.6 is 0 Å². The Labute approximate surface area is 142 Å². The highest BCUT2D eigenvalue weighted by Gasteiger charge is 2.16. The molecule has 0 unspecified atom stereocenters. The number of nitrogens with zero attached hydrogens (tertiary/aromatic N) is 4. The largest absolute Gasteiger partial charge is 0.493 e. The molecule has 0 bridgehead atoms. The van der Waals surface area contributed by atoms with Crippen LogP contribution in [-0.2, 0) is 0 Å². The van der Waals surface area contributed by atoms with Crippen LogP contribution in [0.15, 0.2) is 47.7 Å². The molecule has 1 aromatic carbocycles. The number of rotatable bonds is 5. The van der Waals surface area contributed by atoms with Crippen molar-refractivity contribution in [2.45, 2.75) is 0 Å². The van der Waals surface area contributed by atoms with E-state index >= 15 is 0 Å². The molecule has 6 nitrogen and oxygen atoms in total. The van der Waals surface area contributed by atoms with Crippen LogP contribution < -0.4 is 14.4 Å². The lowest BCUT2D eigenvalue weighted by Crippen LogP contribution is -2.44. The molecule has 1 fully saturated rings. The van der Waals surface area contributed by atoms with Gasteiger partial charge in [-0.05, 0) is 35.9 Å². The van der Waals surface area contributed by atoms with E-state index in [0.29, 0.717) is 5.75 Å². The Balaban J connectivity index is 1.59. The fourth-order valence-corrected chi connectivity index (χ4v) is 2.66. The summed E-state index contributed by atoms with van der Waals surface area (Å²) >= 11 is 0. The maximum Gasteiger partial charge on any atom is 0.161 e. The van der Waals surface area contributed by atoms with Crippen molar-refractivity contribution in [1.82, 2.24) is 9.99 Å². The van der Waals surface area contributed by atoms with Gasteiger partial charge < -0.3 is 14.4 Å². The molecule has 0 aliphatic carbocycles. The number of benzene rings is 1. The molecule has 0 spiro atoms. The standard InChI is InChI=1S/C18H22N4O2/c1-23-16-7-6-15(13-17(16)24-2)14-20-22-11-9-21(10-12-22)18-5-3-4-8-19-18/h3-8,13-14H,9-12H2,1-2H3/b20-14-. The average molecular weight is 326 g/mol. The lowest BCUT2D eigenvalue weighted by Gasteiger charge is -2.33. The van der Waals surface area contributed by atoms with Gasteiger partial charge in [-0.1, -0.05) is 6.07 Å². The van der Waals surface area contributed by atoms with E-state index in [1.807, 2.05) is 48.8 Å². The maximum absolute atomic E-state index is 5.32. The van der Waals surface area contributed by atoms with Crippen LogP contribution in [0.4, 0.5) is 5.82 Å². The van der Waals surface area contributed by atoms with E-state index in [1.54, 1.807) is 14.2 Å². The summed E-state index contributed by atoms with van der Waals surface area (Å²) in [5.74, 6) is 2.46. The quantitative estimate of drug-likeness (QED) is 0.789. The summed E-state index contributed by atoms with van der Waals surface area (Å²) in [6.07, 6.45) is 3.69. The number of pyridine rings is 1. The number of hydrogen-bond donors (Lipinski definition) is 0. The van der Waals surface area contributed by atoms with Gasteiger partial charge in [0.25, 0.3) is 0 Å². The second kappa shape index (κ2) is 7.68. The molecule has 6 heteroatoms. The Kier molecular flexibility index (Phi) is 5.15. The van der Waals surface area contributed by atoms with Crippen LogP contribution in [0.2, 0.25) is 0 Å². The van der Waals surface area contributed by atoms with E-state index in [-0.39, 0.29) is 0 Å². The molecule has 126 valence electrons. The topological polar surface area (TPSA) is 50.2 Å². The predicted octanol–water partition coefficient (Wildman–Crippen LogP) is 2.25. The van der Waals surface area contributed by atoms with Crippen LogP contribution in [0.3, 0.4) is 0 Å². The van der Waals surface area contributed by atoms with E-state index in [2.05, 4.69) is 20.0 Å². The van der Waals surface area contributed by atoms with Crippen molar-refractivity contribution in [3.63, 3.8) is 0 Å². The van der Waals surface area contributed by atoms with Crippen molar-refractivity contribution in [1.29, 1.82) is 0 Å². The van der Waals surface area contributed by atoms with Gasteiger partial charge in [-0.2, -0.15) is 5.10 Å². The van der Waals surface area contributed by atoms with Crippen molar-refractivity contribution in [2.75, 3.05) is 45.3 Å². The molecule has 0 amide bonds. The molecule has 0 atom stereocenters. The molecule has 0 saturated carbocycles. The summed E-state index contributed by atoms with van der Waals surface area (Å²) in [5, 5.41) is 6.66. The fourth-order valence-electron chi connectivity index (χ4n) is 2.66. The first kappa shape index (κ1) is 16.1. The van der Waals surface area contributed by atoms with Crippen molar-refractivity contribution in [3.05, 3.63) is 48.2 Å². The highest BCUT2D eigenvalue weighted by molar-refractivity contribution is 5.80. The van der Waals surface area contributed by atoms with Crippen LogP contribution in [-0.4, -0.2) is 56.6 Å². The zero-order valence-corrected chi connectivity index (χ0v) is 14.1. The third kappa shape index (κ3) is 3.76. The molecular formula is C18H22N4O2. The Morgan fingerprint density at radius 1 is 1.00 bits per heavy atom. The van der Waals surface area contributed by atoms with E-state index in [0.717, 1.165) is 43.3 Å². The molecule has 1 saturated heterocycles. The molecule has 0 radical (unpaired) electrons. The monoisotopic (exact) mass is 326 g/mol. The first-order chi connectivity index (χ1) is 11.8. The first-order valence-corrected chi connectivity index (χ1v) is 7.97. The van der Waals surface area contributed by atoms with Gasteiger partial charge in [-0.3, -0.25) is 5.01 Å². The van der Waals surface area contributed by atoms with Crippen molar-refractivity contribution in [3.8, 4) is 11.5 Å². The molecule has 2 aromatic rings. The van der Waals surface area contributed by atoms with E-state index < -0.39 is 0 Å². The predicted molar refractivity (Wildman–Crippen MR) is 95.2 cm³/mol. The van der Waals surface area contributed by atoms with Gasteiger partial charge in [0.15, 0.2) is 11.5 Å². The summed E-state index contributed by atoms with van der Waals surface area (Å²) in [5.41, 5.74) is 0.986. The SMILES string of the molecule is COc1ccc(/C=N\N2CCN(c3ccccn3)CC2)cc1OC. The molecule has 1 aliphatic heterocycles. The van der Waals surface area contributed by atoms with Gasteiger partial charge in [0.05, 0.1) is 33.5 Å². The molecule has 2 heterocycles. The van der Waals surface area contributed by atoms with Gasteiger partial charge in [0.2, 0.25) is 0 Å². The summed E-state index contributed by atoms with van der Waals surface area (Å²) in [6.45, 7) is 3.58. The third-order valence-corrected chi connectivity index (χ3v) is 4.01. The second-order valence-electron chi connectivity index (χ2n) is 5.49. The summed E-state index contributed by atoms with van der Waals surface area (Å²) in [4.78, 5) is 6.68. The van der Waals surface area contributed by atoms with E-state index in [1.165, 1.54) is 0 Å². The second-order valence-corrected chi connectivity index (χ2v) is 5.49. The fraction of sp³-hybridized carbons (Fsp3) is 0.333. The van der Waals surface area contributed by atoms with Crippen LogP contribution in [0, 0.1) is 0 Å². The number of ether oxygens (including phenoxy) is 2. The molecule has 0 N–H and O–H groups in total. The Bertz CT molecular complexity index is 683. The summed E-state index contributed by atoms with van der Waals surface area (Å²) in [7, 11) is 3.27. The normalized spacial score (nSPS) is 14.9. The first-order valence-electron chi connectivity index (χ1n) is 7.97. The van der Waals surface area contributed by atoms with Gasteiger partial charge in [-0.15, -0.1) is 0 Å². The molecule has 3 rings (SSSR count). The van der Waals surface area contributed by atoms with Crippen LogP contribution in [0.1, 0.15) is 5.56 Å².